The Bertz CT molecular complexity index is 575. The summed E-state index contributed by atoms with van der Waals surface area (Å²) in [5.74, 6) is 0.785. The number of nitrogens with zero attached hydrogens (tertiary/aromatic N) is 4. The van der Waals surface area contributed by atoms with E-state index in [2.05, 4.69) is 25.8 Å². The topological polar surface area (TPSA) is 79.6 Å². The number of amides is 1. The fourth-order valence-electron chi connectivity index (χ4n) is 2.52. The lowest BCUT2D eigenvalue weighted by Crippen LogP contribution is -2.49. The van der Waals surface area contributed by atoms with Gasteiger partial charge in [-0.05, 0) is 11.8 Å². The second-order valence-corrected chi connectivity index (χ2v) is 7.06. The summed E-state index contributed by atoms with van der Waals surface area (Å²) >= 11 is 0. The molecule has 0 N–H and O–H groups in total. The van der Waals surface area contributed by atoms with Crippen molar-refractivity contribution in [3.63, 3.8) is 0 Å². The summed E-state index contributed by atoms with van der Waals surface area (Å²) in [6.07, 6.45) is 2.89. The Morgan fingerprint density at radius 2 is 1.96 bits per heavy atom. The van der Waals surface area contributed by atoms with E-state index in [9.17, 15) is 14.9 Å². The number of hydrogen-bond donors (Lipinski definition) is 0. The van der Waals surface area contributed by atoms with Crippen molar-refractivity contribution in [2.24, 2.45) is 5.41 Å². The van der Waals surface area contributed by atoms with Crippen molar-refractivity contribution in [3.8, 4) is 0 Å². The zero-order chi connectivity index (χ0) is 17.0. The number of rotatable bonds is 4. The Morgan fingerprint density at radius 1 is 1.30 bits per heavy atom. The largest absolute Gasteiger partial charge is 0.353 e. The van der Waals surface area contributed by atoms with Crippen molar-refractivity contribution in [1.29, 1.82) is 0 Å². The van der Waals surface area contributed by atoms with E-state index >= 15 is 0 Å². The summed E-state index contributed by atoms with van der Waals surface area (Å²) in [6, 6.07) is 2.87. The van der Waals surface area contributed by atoms with E-state index in [1.54, 1.807) is 0 Å². The maximum absolute atomic E-state index is 12.2. The van der Waals surface area contributed by atoms with Gasteiger partial charge in [-0.25, -0.2) is 4.98 Å². The second kappa shape index (κ2) is 6.93. The highest BCUT2D eigenvalue weighted by Crippen LogP contribution is 2.22. The molecule has 126 valence electrons. The van der Waals surface area contributed by atoms with Crippen LogP contribution < -0.4 is 4.90 Å². The Hall–Kier alpha value is -2.18. The monoisotopic (exact) mass is 320 g/mol. The highest BCUT2D eigenvalue weighted by Gasteiger charge is 2.23. The van der Waals surface area contributed by atoms with Crippen LogP contribution in [-0.2, 0) is 4.79 Å². The third-order valence-electron chi connectivity index (χ3n) is 3.99. The van der Waals surface area contributed by atoms with E-state index < -0.39 is 4.92 Å². The SMILES string of the molecule is CC(C)(C)CCC(=O)N1CCN(c2cc([N+](=O)[O-])ccn2)CC1. The van der Waals surface area contributed by atoms with Gasteiger partial charge in [-0.3, -0.25) is 14.9 Å². The molecule has 1 saturated heterocycles. The summed E-state index contributed by atoms with van der Waals surface area (Å²) < 4.78 is 0. The number of pyridine rings is 1. The molecule has 1 aromatic heterocycles. The lowest BCUT2D eigenvalue weighted by atomic mass is 9.90. The first-order chi connectivity index (χ1) is 10.8. The molecule has 0 spiro atoms. The number of aromatic nitrogens is 1. The van der Waals surface area contributed by atoms with E-state index in [-0.39, 0.29) is 17.0 Å². The smallest absolute Gasteiger partial charge is 0.274 e. The average molecular weight is 320 g/mol. The van der Waals surface area contributed by atoms with Gasteiger partial charge in [0.05, 0.1) is 11.0 Å². The molecule has 0 aromatic carbocycles. The molecular weight excluding hydrogens is 296 g/mol. The second-order valence-electron chi connectivity index (χ2n) is 7.06. The molecule has 0 aliphatic carbocycles. The number of hydrogen-bond acceptors (Lipinski definition) is 5. The van der Waals surface area contributed by atoms with Crippen molar-refractivity contribution in [1.82, 2.24) is 9.88 Å². The lowest BCUT2D eigenvalue weighted by molar-refractivity contribution is -0.384. The first-order valence-electron chi connectivity index (χ1n) is 7.89. The minimum absolute atomic E-state index is 0.0404. The molecule has 7 nitrogen and oxygen atoms in total. The summed E-state index contributed by atoms with van der Waals surface area (Å²) in [4.78, 5) is 30.7. The molecule has 0 atom stereocenters. The van der Waals surface area contributed by atoms with Crippen molar-refractivity contribution in [3.05, 3.63) is 28.4 Å². The van der Waals surface area contributed by atoms with Crippen LogP contribution in [0.4, 0.5) is 11.5 Å². The van der Waals surface area contributed by atoms with Crippen molar-refractivity contribution >= 4 is 17.4 Å². The highest BCUT2D eigenvalue weighted by atomic mass is 16.6. The third kappa shape index (κ3) is 4.91. The van der Waals surface area contributed by atoms with Gasteiger partial charge in [0.15, 0.2) is 0 Å². The minimum atomic E-state index is -0.419. The van der Waals surface area contributed by atoms with E-state index in [1.807, 2.05) is 9.80 Å². The van der Waals surface area contributed by atoms with Crippen LogP contribution in [0.3, 0.4) is 0 Å². The van der Waals surface area contributed by atoms with Crippen LogP contribution in [0.25, 0.3) is 0 Å². The van der Waals surface area contributed by atoms with E-state index in [4.69, 9.17) is 0 Å². The van der Waals surface area contributed by atoms with Gasteiger partial charge in [0.2, 0.25) is 5.91 Å². The van der Waals surface area contributed by atoms with Gasteiger partial charge < -0.3 is 9.80 Å². The minimum Gasteiger partial charge on any atom is -0.353 e. The van der Waals surface area contributed by atoms with E-state index in [0.717, 1.165) is 6.42 Å². The number of piperazine rings is 1. The molecule has 1 aliphatic heterocycles. The summed E-state index contributed by atoms with van der Waals surface area (Å²) in [5.41, 5.74) is 0.198. The maximum atomic E-state index is 12.2. The molecule has 0 radical (unpaired) electrons. The average Bonchev–Trinajstić information content (AvgIpc) is 2.52. The molecule has 0 saturated carbocycles. The fraction of sp³-hybridized carbons (Fsp3) is 0.625. The van der Waals surface area contributed by atoms with Gasteiger partial charge in [-0.15, -0.1) is 0 Å². The van der Waals surface area contributed by atoms with Gasteiger partial charge in [0.25, 0.3) is 5.69 Å². The molecule has 23 heavy (non-hydrogen) atoms. The predicted molar refractivity (Wildman–Crippen MR) is 88.4 cm³/mol. The predicted octanol–water partition coefficient (Wildman–Crippen LogP) is 2.46. The first-order valence-corrected chi connectivity index (χ1v) is 7.89. The van der Waals surface area contributed by atoms with Crippen LogP contribution in [0, 0.1) is 15.5 Å². The highest BCUT2D eigenvalue weighted by molar-refractivity contribution is 5.76. The fourth-order valence-corrected chi connectivity index (χ4v) is 2.52. The van der Waals surface area contributed by atoms with Gasteiger partial charge >= 0.3 is 0 Å². The standard InChI is InChI=1S/C16H24N4O3/c1-16(2,3)6-4-15(21)19-10-8-18(9-11-19)14-12-13(20(22)23)5-7-17-14/h5,7,12H,4,6,8-11H2,1-3H3. The first kappa shape index (κ1) is 17.2. The lowest BCUT2D eigenvalue weighted by Gasteiger charge is -2.35. The van der Waals surface area contributed by atoms with Gasteiger partial charge in [-0.1, -0.05) is 20.8 Å². The van der Waals surface area contributed by atoms with Crippen LogP contribution in [0.15, 0.2) is 18.3 Å². The molecule has 1 amide bonds. The van der Waals surface area contributed by atoms with Gasteiger partial charge in [0.1, 0.15) is 5.82 Å². The molecule has 1 aromatic rings. The van der Waals surface area contributed by atoms with Gasteiger partial charge in [0, 0.05) is 44.9 Å². The Morgan fingerprint density at radius 3 is 2.52 bits per heavy atom. The van der Waals surface area contributed by atoms with Crippen molar-refractivity contribution < 1.29 is 9.72 Å². The summed E-state index contributed by atoms with van der Waals surface area (Å²) in [7, 11) is 0. The van der Waals surface area contributed by atoms with Crippen LogP contribution in [0.5, 0.6) is 0 Å². The zero-order valence-corrected chi connectivity index (χ0v) is 14.0. The zero-order valence-electron chi connectivity index (χ0n) is 14.0. The Balaban J connectivity index is 1.90. The molecule has 1 aliphatic rings. The maximum Gasteiger partial charge on any atom is 0.274 e. The van der Waals surface area contributed by atoms with Gasteiger partial charge in [-0.2, -0.15) is 0 Å². The molecule has 0 bridgehead atoms. The van der Waals surface area contributed by atoms with Crippen molar-refractivity contribution in [2.75, 3.05) is 31.1 Å². The van der Waals surface area contributed by atoms with E-state index in [1.165, 1.54) is 18.3 Å². The third-order valence-corrected chi connectivity index (χ3v) is 3.99. The molecule has 2 heterocycles. The summed E-state index contributed by atoms with van der Waals surface area (Å²) in [6.45, 7) is 8.95. The number of anilines is 1. The quantitative estimate of drug-likeness (QED) is 0.629. The Kier molecular flexibility index (Phi) is 5.18. The molecular formula is C16H24N4O3. The summed E-state index contributed by atoms with van der Waals surface area (Å²) in [5, 5.41) is 10.8. The van der Waals surface area contributed by atoms with Crippen LogP contribution in [0.1, 0.15) is 33.6 Å². The molecule has 1 fully saturated rings. The normalized spacial score (nSPS) is 15.6. The Labute approximate surface area is 136 Å². The molecule has 2 rings (SSSR count). The van der Waals surface area contributed by atoms with Crippen molar-refractivity contribution in [2.45, 2.75) is 33.6 Å². The van der Waals surface area contributed by atoms with E-state index in [0.29, 0.717) is 38.4 Å². The van der Waals surface area contributed by atoms with Crippen LogP contribution in [0.2, 0.25) is 0 Å². The number of carbonyl (C=O) groups excluding carboxylic acids is 1. The molecule has 7 heteroatoms. The van der Waals surface area contributed by atoms with Crippen LogP contribution >= 0.6 is 0 Å². The molecule has 0 unspecified atom stereocenters. The van der Waals surface area contributed by atoms with Crippen LogP contribution in [-0.4, -0.2) is 46.9 Å². The number of carbonyl (C=O) groups is 1. The number of nitro groups is 1.